The number of hydrogen-bond donors (Lipinski definition) is 2. The highest BCUT2D eigenvalue weighted by Crippen LogP contribution is 2.19. The lowest BCUT2D eigenvalue weighted by atomic mass is 9.98. The Kier molecular flexibility index (Phi) is 5.18. The Morgan fingerprint density at radius 1 is 1.53 bits per heavy atom. The fourth-order valence-electron chi connectivity index (χ4n) is 2.46. The van der Waals surface area contributed by atoms with E-state index in [-0.39, 0.29) is 11.4 Å². The van der Waals surface area contributed by atoms with E-state index >= 15 is 0 Å². The molecule has 1 amide bonds. The van der Waals surface area contributed by atoms with Crippen molar-refractivity contribution in [1.82, 2.24) is 10.6 Å². The summed E-state index contributed by atoms with van der Waals surface area (Å²) in [5, 5.41) is 6.47. The molecule has 1 aromatic carbocycles. The number of nitrogens with one attached hydrogen (secondary N) is 2. The van der Waals surface area contributed by atoms with E-state index in [1.165, 1.54) is 0 Å². The number of rotatable bonds is 5. The maximum Gasteiger partial charge on any atom is 0.252 e. The van der Waals surface area contributed by atoms with Crippen LogP contribution in [0.15, 0.2) is 24.3 Å². The molecule has 19 heavy (non-hydrogen) atoms. The third-order valence-corrected chi connectivity index (χ3v) is 4.40. The van der Waals surface area contributed by atoms with Gasteiger partial charge in [-0.25, -0.2) is 0 Å². The molecule has 2 N–H and O–H groups in total. The maximum atomic E-state index is 12.2. The molecule has 104 valence electrons. The second kappa shape index (κ2) is 6.67. The summed E-state index contributed by atoms with van der Waals surface area (Å²) < 4.78 is 6.25. The molecule has 1 atom stereocenters. The van der Waals surface area contributed by atoms with Gasteiger partial charge < -0.3 is 15.4 Å². The number of methoxy groups -OCH3 is 1. The first kappa shape index (κ1) is 14.7. The molecule has 0 aliphatic carbocycles. The third kappa shape index (κ3) is 3.67. The SMILES string of the molecule is COCC1(CNC(=O)c2ccccc2I)CCCN1. The number of benzene rings is 1. The van der Waals surface area contributed by atoms with Crippen LogP contribution in [0.4, 0.5) is 0 Å². The van der Waals surface area contributed by atoms with Gasteiger partial charge in [-0.15, -0.1) is 0 Å². The lowest BCUT2D eigenvalue weighted by molar-refractivity contribution is 0.0891. The molecule has 0 radical (unpaired) electrons. The number of halogens is 1. The van der Waals surface area contributed by atoms with Gasteiger partial charge in [-0.2, -0.15) is 0 Å². The highest BCUT2D eigenvalue weighted by Gasteiger charge is 2.33. The second-order valence-electron chi connectivity index (χ2n) is 4.91. The molecule has 1 heterocycles. The summed E-state index contributed by atoms with van der Waals surface area (Å²) in [5.74, 6) is -0.0193. The van der Waals surface area contributed by atoms with Crippen LogP contribution in [-0.4, -0.2) is 38.3 Å². The van der Waals surface area contributed by atoms with Crippen LogP contribution in [0.5, 0.6) is 0 Å². The molecule has 0 saturated carbocycles. The van der Waals surface area contributed by atoms with Gasteiger partial charge >= 0.3 is 0 Å². The molecule has 0 aromatic heterocycles. The van der Waals surface area contributed by atoms with Crippen molar-refractivity contribution in [2.75, 3.05) is 26.8 Å². The summed E-state index contributed by atoms with van der Waals surface area (Å²) in [7, 11) is 1.70. The topological polar surface area (TPSA) is 50.4 Å². The molecule has 0 spiro atoms. The van der Waals surface area contributed by atoms with Gasteiger partial charge in [0.05, 0.1) is 17.7 Å². The van der Waals surface area contributed by atoms with Gasteiger partial charge in [0.1, 0.15) is 0 Å². The van der Waals surface area contributed by atoms with Crippen LogP contribution < -0.4 is 10.6 Å². The zero-order valence-electron chi connectivity index (χ0n) is 11.0. The van der Waals surface area contributed by atoms with Crippen molar-refractivity contribution in [3.63, 3.8) is 0 Å². The van der Waals surface area contributed by atoms with Crippen molar-refractivity contribution in [2.45, 2.75) is 18.4 Å². The minimum absolute atomic E-state index is 0.0193. The molecule has 1 aliphatic rings. The van der Waals surface area contributed by atoms with Gasteiger partial charge in [0.2, 0.25) is 0 Å². The Hall–Kier alpha value is -0.660. The molecular weight excluding hydrogens is 355 g/mol. The van der Waals surface area contributed by atoms with Crippen molar-refractivity contribution in [1.29, 1.82) is 0 Å². The third-order valence-electron chi connectivity index (χ3n) is 3.46. The van der Waals surface area contributed by atoms with E-state index in [9.17, 15) is 4.79 Å². The van der Waals surface area contributed by atoms with Crippen molar-refractivity contribution in [3.05, 3.63) is 33.4 Å². The predicted molar refractivity (Wildman–Crippen MR) is 83.3 cm³/mol. The molecule has 1 aliphatic heterocycles. The Balaban J connectivity index is 1.98. The van der Waals surface area contributed by atoms with Crippen LogP contribution >= 0.6 is 22.6 Å². The standard InChI is InChI=1S/C14H19IN2O2/c1-19-10-14(7-4-8-17-14)9-16-13(18)11-5-2-3-6-12(11)15/h2-3,5-6,17H,4,7-10H2,1H3,(H,16,18). The van der Waals surface area contributed by atoms with Crippen LogP contribution in [0.25, 0.3) is 0 Å². The average Bonchev–Trinajstić information content (AvgIpc) is 2.86. The van der Waals surface area contributed by atoms with Crippen LogP contribution in [0, 0.1) is 3.57 Å². The number of hydrogen-bond acceptors (Lipinski definition) is 3. The first-order valence-corrected chi connectivity index (χ1v) is 7.51. The highest BCUT2D eigenvalue weighted by atomic mass is 127. The summed E-state index contributed by atoms with van der Waals surface area (Å²) in [6.45, 7) is 2.21. The van der Waals surface area contributed by atoms with E-state index in [2.05, 4.69) is 33.2 Å². The molecule has 1 saturated heterocycles. The maximum absolute atomic E-state index is 12.2. The predicted octanol–water partition coefficient (Wildman–Crippen LogP) is 1.79. The molecule has 2 rings (SSSR count). The quantitative estimate of drug-likeness (QED) is 0.773. The summed E-state index contributed by atoms with van der Waals surface area (Å²) in [6.07, 6.45) is 2.16. The van der Waals surface area contributed by atoms with E-state index in [0.717, 1.165) is 28.5 Å². The second-order valence-corrected chi connectivity index (χ2v) is 6.07. The van der Waals surface area contributed by atoms with Gasteiger partial charge in [-0.1, -0.05) is 12.1 Å². The van der Waals surface area contributed by atoms with Crippen molar-refractivity contribution in [2.24, 2.45) is 0 Å². The number of carbonyl (C=O) groups is 1. The summed E-state index contributed by atoms with van der Waals surface area (Å²) in [6, 6.07) is 7.61. The molecule has 1 fully saturated rings. The smallest absolute Gasteiger partial charge is 0.252 e. The highest BCUT2D eigenvalue weighted by molar-refractivity contribution is 14.1. The van der Waals surface area contributed by atoms with E-state index < -0.39 is 0 Å². The molecular formula is C14H19IN2O2. The number of ether oxygens (including phenoxy) is 1. The average molecular weight is 374 g/mol. The largest absolute Gasteiger partial charge is 0.383 e. The van der Waals surface area contributed by atoms with Gasteiger partial charge in [0.15, 0.2) is 0 Å². The zero-order valence-corrected chi connectivity index (χ0v) is 13.2. The minimum Gasteiger partial charge on any atom is -0.383 e. The number of amides is 1. The molecule has 1 aromatic rings. The Bertz CT molecular complexity index is 445. The van der Waals surface area contributed by atoms with Crippen LogP contribution in [-0.2, 0) is 4.74 Å². The Morgan fingerprint density at radius 2 is 2.32 bits per heavy atom. The fourth-order valence-corrected chi connectivity index (χ4v) is 3.09. The molecule has 5 heteroatoms. The van der Waals surface area contributed by atoms with Crippen molar-refractivity contribution >= 4 is 28.5 Å². The van der Waals surface area contributed by atoms with Crippen LogP contribution in [0.2, 0.25) is 0 Å². The first-order valence-electron chi connectivity index (χ1n) is 6.44. The minimum atomic E-state index is -0.107. The van der Waals surface area contributed by atoms with Gasteiger partial charge in [0.25, 0.3) is 5.91 Å². The Morgan fingerprint density at radius 3 is 2.95 bits per heavy atom. The van der Waals surface area contributed by atoms with E-state index in [1.807, 2.05) is 24.3 Å². The van der Waals surface area contributed by atoms with Crippen molar-refractivity contribution in [3.8, 4) is 0 Å². The van der Waals surface area contributed by atoms with Gasteiger partial charge in [0, 0.05) is 17.2 Å². The normalized spacial score (nSPS) is 22.4. The molecule has 1 unspecified atom stereocenters. The number of carbonyl (C=O) groups excluding carboxylic acids is 1. The summed E-state index contributed by atoms with van der Waals surface area (Å²) in [4.78, 5) is 12.2. The molecule has 4 nitrogen and oxygen atoms in total. The van der Waals surface area contributed by atoms with Crippen LogP contribution in [0.1, 0.15) is 23.2 Å². The Labute approximate surface area is 127 Å². The van der Waals surface area contributed by atoms with E-state index in [1.54, 1.807) is 7.11 Å². The van der Waals surface area contributed by atoms with Crippen LogP contribution in [0.3, 0.4) is 0 Å². The molecule has 0 bridgehead atoms. The van der Waals surface area contributed by atoms with E-state index in [0.29, 0.717) is 13.2 Å². The van der Waals surface area contributed by atoms with E-state index in [4.69, 9.17) is 4.74 Å². The van der Waals surface area contributed by atoms with Gasteiger partial charge in [-0.05, 0) is 54.1 Å². The lowest BCUT2D eigenvalue weighted by Crippen LogP contribution is -2.53. The zero-order chi connectivity index (χ0) is 13.7. The first-order chi connectivity index (χ1) is 9.17. The summed E-state index contributed by atoms with van der Waals surface area (Å²) in [5.41, 5.74) is 0.624. The fraction of sp³-hybridized carbons (Fsp3) is 0.500. The summed E-state index contributed by atoms with van der Waals surface area (Å²) >= 11 is 2.18. The van der Waals surface area contributed by atoms with Gasteiger partial charge in [-0.3, -0.25) is 4.79 Å². The monoisotopic (exact) mass is 374 g/mol. The lowest BCUT2D eigenvalue weighted by Gasteiger charge is -2.29. The van der Waals surface area contributed by atoms with Crippen molar-refractivity contribution < 1.29 is 9.53 Å².